The van der Waals surface area contributed by atoms with Gasteiger partial charge in [0.05, 0.1) is 12.6 Å². The molecule has 0 saturated carbocycles. The molecule has 25 heavy (non-hydrogen) atoms. The second-order valence-corrected chi connectivity index (χ2v) is 5.47. The Balaban J connectivity index is 1.66. The summed E-state index contributed by atoms with van der Waals surface area (Å²) in [5.74, 6) is 2.86. The van der Waals surface area contributed by atoms with Crippen LogP contribution in [-0.2, 0) is 6.54 Å². The molecule has 4 rings (SSSR count). The van der Waals surface area contributed by atoms with Gasteiger partial charge in [0.15, 0.2) is 23.6 Å². The molecule has 0 fully saturated rings. The third-order valence-electron chi connectivity index (χ3n) is 3.92. The van der Waals surface area contributed by atoms with Crippen LogP contribution >= 0.6 is 0 Å². The highest BCUT2D eigenvalue weighted by molar-refractivity contribution is 5.92. The second-order valence-electron chi connectivity index (χ2n) is 5.47. The Morgan fingerprint density at radius 2 is 2.04 bits per heavy atom. The molecule has 1 aromatic heterocycles. The lowest BCUT2D eigenvalue weighted by Gasteiger charge is -2.11. The minimum atomic E-state index is 0.130. The summed E-state index contributed by atoms with van der Waals surface area (Å²) in [6, 6.07) is 11.2. The van der Waals surface area contributed by atoms with Gasteiger partial charge in [0.25, 0.3) is 0 Å². The number of benzene rings is 2. The van der Waals surface area contributed by atoms with E-state index in [1.165, 1.54) is 0 Å². The quantitative estimate of drug-likeness (QED) is 0.717. The van der Waals surface area contributed by atoms with E-state index in [0.29, 0.717) is 29.9 Å². The van der Waals surface area contributed by atoms with Crippen LogP contribution in [0.3, 0.4) is 0 Å². The van der Waals surface area contributed by atoms with Crippen molar-refractivity contribution >= 4 is 23.0 Å². The van der Waals surface area contributed by atoms with Gasteiger partial charge in [-0.05, 0) is 35.9 Å². The smallest absolute Gasteiger partial charge is 0.231 e. The summed E-state index contributed by atoms with van der Waals surface area (Å²) >= 11 is 0. The molecular formula is C18H15N3O4. The molecule has 0 unspecified atom stereocenters. The Kier molecular flexibility index (Phi) is 3.81. The van der Waals surface area contributed by atoms with E-state index < -0.39 is 0 Å². The van der Waals surface area contributed by atoms with E-state index in [0.717, 1.165) is 22.4 Å². The van der Waals surface area contributed by atoms with Gasteiger partial charge in [-0.25, -0.2) is 9.97 Å². The van der Waals surface area contributed by atoms with Gasteiger partial charge in [-0.15, -0.1) is 0 Å². The molecule has 7 nitrogen and oxygen atoms in total. The lowest BCUT2D eigenvalue weighted by molar-refractivity contribution is 0.111. The van der Waals surface area contributed by atoms with E-state index in [1.54, 1.807) is 19.2 Å². The SMILES string of the molecule is COc1ccc2nc(C=O)nc(NCc3ccc4c(c3)OCO4)c2c1. The standard InChI is InChI=1S/C18H15N3O4/c1-23-12-3-4-14-13(7-12)18(21-17(9-22)20-14)19-8-11-2-5-15-16(6-11)25-10-24-15/h2-7,9H,8,10H2,1H3,(H,19,20,21). The van der Waals surface area contributed by atoms with Crippen molar-refractivity contribution in [1.29, 1.82) is 0 Å². The molecule has 2 heterocycles. The first kappa shape index (κ1) is 15.2. The van der Waals surface area contributed by atoms with E-state index in [4.69, 9.17) is 14.2 Å². The first-order valence-electron chi connectivity index (χ1n) is 7.70. The molecule has 0 aliphatic carbocycles. The van der Waals surface area contributed by atoms with Gasteiger partial charge < -0.3 is 19.5 Å². The Morgan fingerprint density at radius 1 is 1.16 bits per heavy atom. The Hall–Kier alpha value is -3.35. The normalized spacial score (nSPS) is 12.2. The first-order chi connectivity index (χ1) is 12.3. The molecule has 126 valence electrons. The molecule has 0 bridgehead atoms. The number of hydrogen-bond acceptors (Lipinski definition) is 7. The predicted molar refractivity (Wildman–Crippen MR) is 91.4 cm³/mol. The van der Waals surface area contributed by atoms with E-state index in [2.05, 4.69) is 15.3 Å². The van der Waals surface area contributed by atoms with Crippen molar-refractivity contribution in [2.24, 2.45) is 0 Å². The molecule has 1 aliphatic heterocycles. The number of aromatic nitrogens is 2. The molecular weight excluding hydrogens is 322 g/mol. The minimum Gasteiger partial charge on any atom is -0.497 e. The number of fused-ring (bicyclic) bond motifs is 2. The first-order valence-corrected chi connectivity index (χ1v) is 7.70. The maximum absolute atomic E-state index is 11.1. The number of nitrogens with one attached hydrogen (secondary N) is 1. The van der Waals surface area contributed by atoms with Gasteiger partial charge in [0.2, 0.25) is 6.79 Å². The lowest BCUT2D eigenvalue weighted by atomic mass is 10.2. The van der Waals surface area contributed by atoms with Crippen molar-refractivity contribution in [2.75, 3.05) is 19.2 Å². The maximum Gasteiger partial charge on any atom is 0.231 e. The molecule has 0 radical (unpaired) electrons. The van der Waals surface area contributed by atoms with E-state index in [9.17, 15) is 4.79 Å². The number of methoxy groups -OCH3 is 1. The zero-order valence-electron chi connectivity index (χ0n) is 13.5. The number of carbonyl (C=O) groups is 1. The zero-order valence-corrected chi connectivity index (χ0v) is 13.5. The molecule has 2 aromatic carbocycles. The summed E-state index contributed by atoms with van der Waals surface area (Å²) in [5.41, 5.74) is 1.68. The highest BCUT2D eigenvalue weighted by Crippen LogP contribution is 2.33. The molecule has 7 heteroatoms. The molecule has 0 atom stereocenters. The third kappa shape index (κ3) is 2.91. The van der Waals surface area contributed by atoms with Gasteiger partial charge in [-0.3, -0.25) is 4.79 Å². The van der Waals surface area contributed by atoms with Crippen LogP contribution in [0.2, 0.25) is 0 Å². The molecule has 1 N–H and O–H groups in total. The maximum atomic E-state index is 11.1. The predicted octanol–water partition coefficient (Wildman–Crippen LogP) is 2.79. The fraction of sp³-hybridized carbons (Fsp3) is 0.167. The number of anilines is 1. The highest BCUT2D eigenvalue weighted by atomic mass is 16.7. The summed E-state index contributed by atoms with van der Waals surface area (Å²) in [6.07, 6.45) is 0.634. The average molecular weight is 337 g/mol. The van der Waals surface area contributed by atoms with Crippen LogP contribution in [0, 0.1) is 0 Å². The number of nitrogens with zero attached hydrogens (tertiary/aromatic N) is 2. The van der Waals surface area contributed by atoms with Crippen LogP contribution in [0.4, 0.5) is 5.82 Å². The monoisotopic (exact) mass is 337 g/mol. The van der Waals surface area contributed by atoms with Crippen molar-refractivity contribution < 1.29 is 19.0 Å². The summed E-state index contributed by atoms with van der Waals surface area (Å²) < 4.78 is 16.0. The van der Waals surface area contributed by atoms with Gasteiger partial charge >= 0.3 is 0 Å². The Bertz CT molecular complexity index is 958. The van der Waals surface area contributed by atoms with Gasteiger partial charge in [-0.2, -0.15) is 0 Å². The summed E-state index contributed by atoms with van der Waals surface area (Å²) in [4.78, 5) is 19.6. The van der Waals surface area contributed by atoms with Crippen molar-refractivity contribution in [3.63, 3.8) is 0 Å². The van der Waals surface area contributed by atoms with Crippen molar-refractivity contribution in [3.05, 3.63) is 47.8 Å². The van der Waals surface area contributed by atoms with Crippen molar-refractivity contribution in [2.45, 2.75) is 6.54 Å². The minimum absolute atomic E-state index is 0.130. The van der Waals surface area contributed by atoms with E-state index >= 15 is 0 Å². The largest absolute Gasteiger partial charge is 0.497 e. The second kappa shape index (κ2) is 6.27. The number of rotatable bonds is 5. The molecule has 3 aromatic rings. The summed E-state index contributed by atoms with van der Waals surface area (Å²) in [5, 5.41) is 4.04. The molecule has 0 amide bonds. The number of hydrogen-bond donors (Lipinski definition) is 1. The van der Waals surface area contributed by atoms with Crippen LogP contribution in [-0.4, -0.2) is 30.2 Å². The fourth-order valence-corrected chi connectivity index (χ4v) is 2.68. The number of carbonyl (C=O) groups excluding carboxylic acids is 1. The fourth-order valence-electron chi connectivity index (χ4n) is 2.68. The van der Waals surface area contributed by atoms with E-state index in [-0.39, 0.29) is 12.6 Å². The number of ether oxygens (including phenoxy) is 3. The Morgan fingerprint density at radius 3 is 2.88 bits per heavy atom. The number of aldehydes is 1. The van der Waals surface area contributed by atoms with Crippen LogP contribution in [0.15, 0.2) is 36.4 Å². The zero-order chi connectivity index (χ0) is 17.2. The topological polar surface area (TPSA) is 82.6 Å². The lowest BCUT2D eigenvalue weighted by Crippen LogP contribution is -2.05. The summed E-state index contributed by atoms with van der Waals surface area (Å²) in [7, 11) is 1.60. The van der Waals surface area contributed by atoms with Crippen LogP contribution < -0.4 is 19.5 Å². The summed E-state index contributed by atoms with van der Waals surface area (Å²) in [6.45, 7) is 0.753. The van der Waals surface area contributed by atoms with Crippen LogP contribution in [0.25, 0.3) is 10.9 Å². The van der Waals surface area contributed by atoms with Crippen LogP contribution in [0.5, 0.6) is 17.2 Å². The average Bonchev–Trinajstić information content (AvgIpc) is 3.13. The van der Waals surface area contributed by atoms with Crippen molar-refractivity contribution in [3.8, 4) is 17.2 Å². The van der Waals surface area contributed by atoms with Gasteiger partial charge in [-0.1, -0.05) is 6.07 Å². The molecule has 0 spiro atoms. The third-order valence-corrected chi connectivity index (χ3v) is 3.92. The highest BCUT2D eigenvalue weighted by Gasteiger charge is 2.14. The van der Waals surface area contributed by atoms with Crippen molar-refractivity contribution in [1.82, 2.24) is 9.97 Å². The van der Waals surface area contributed by atoms with E-state index in [1.807, 2.05) is 24.3 Å². The Labute approximate surface area is 143 Å². The van der Waals surface area contributed by atoms with Crippen LogP contribution in [0.1, 0.15) is 16.2 Å². The van der Waals surface area contributed by atoms with Gasteiger partial charge in [0.1, 0.15) is 11.6 Å². The molecule has 0 saturated heterocycles. The van der Waals surface area contributed by atoms with Gasteiger partial charge in [0, 0.05) is 11.9 Å². The molecule has 1 aliphatic rings.